The molecule has 1 heterocycles. The zero-order valence-electron chi connectivity index (χ0n) is 28.1. The van der Waals surface area contributed by atoms with Crippen LogP contribution in [0.2, 0.25) is 0 Å². The van der Waals surface area contributed by atoms with Gasteiger partial charge in [-0.2, -0.15) is 0 Å². The SMILES string of the molecule is CCCN(CCC)C(=O)c1cccc(C(=O)NC(Cc2cc(F)cc(F)c2)C(CNCc2ccccc2)OC(=O)N2CCN(C)CC2)c1. The zero-order valence-corrected chi connectivity index (χ0v) is 28.1. The van der Waals surface area contributed by atoms with E-state index >= 15 is 0 Å². The number of carbonyl (C=O) groups excluding carboxylic acids is 3. The van der Waals surface area contributed by atoms with Crippen molar-refractivity contribution in [3.63, 3.8) is 0 Å². The number of nitrogens with one attached hydrogen (secondary N) is 2. The molecule has 4 rings (SSSR count). The van der Waals surface area contributed by atoms with Crippen LogP contribution in [-0.2, 0) is 17.7 Å². The van der Waals surface area contributed by atoms with Crippen LogP contribution in [0.1, 0.15) is 58.5 Å². The van der Waals surface area contributed by atoms with Crippen molar-refractivity contribution >= 4 is 17.9 Å². The van der Waals surface area contributed by atoms with Gasteiger partial charge in [-0.25, -0.2) is 13.6 Å². The maximum absolute atomic E-state index is 14.3. The summed E-state index contributed by atoms with van der Waals surface area (Å²) < 4.78 is 34.7. The molecule has 1 aliphatic rings. The molecule has 0 saturated carbocycles. The summed E-state index contributed by atoms with van der Waals surface area (Å²) in [5.74, 6) is -2.17. The quantitative estimate of drug-likeness (QED) is 0.235. The Bertz CT molecular complexity index is 1470. The molecule has 2 atom stereocenters. The van der Waals surface area contributed by atoms with E-state index in [0.29, 0.717) is 56.9 Å². The first-order chi connectivity index (χ1) is 23.2. The first kappa shape index (κ1) is 36.5. The number of likely N-dealkylation sites (N-methyl/N-ethyl adjacent to an activating group) is 1. The fourth-order valence-electron chi connectivity index (χ4n) is 5.75. The van der Waals surface area contributed by atoms with Crippen molar-refractivity contribution in [2.45, 2.75) is 51.8 Å². The second-order valence-electron chi connectivity index (χ2n) is 12.3. The molecule has 1 fully saturated rings. The van der Waals surface area contributed by atoms with Crippen molar-refractivity contribution in [3.8, 4) is 0 Å². The minimum Gasteiger partial charge on any atom is -0.443 e. The number of benzene rings is 3. The topological polar surface area (TPSA) is 94.2 Å². The maximum Gasteiger partial charge on any atom is 0.410 e. The average molecular weight is 664 g/mol. The van der Waals surface area contributed by atoms with E-state index in [0.717, 1.165) is 24.5 Å². The number of hydrogen-bond acceptors (Lipinski definition) is 6. The van der Waals surface area contributed by atoms with Crippen molar-refractivity contribution in [3.05, 3.63) is 107 Å². The summed E-state index contributed by atoms with van der Waals surface area (Å²) in [6.07, 6.45) is 0.152. The third kappa shape index (κ3) is 10.8. The number of rotatable bonds is 15. The van der Waals surface area contributed by atoms with Crippen molar-refractivity contribution in [2.24, 2.45) is 0 Å². The Morgan fingerprint density at radius 2 is 1.48 bits per heavy atom. The van der Waals surface area contributed by atoms with Gasteiger partial charge in [-0.1, -0.05) is 50.2 Å². The van der Waals surface area contributed by atoms with Gasteiger partial charge in [-0.15, -0.1) is 0 Å². The van der Waals surface area contributed by atoms with E-state index in [4.69, 9.17) is 4.74 Å². The molecule has 0 spiro atoms. The summed E-state index contributed by atoms with van der Waals surface area (Å²) in [5, 5.41) is 6.30. The third-order valence-corrected chi connectivity index (χ3v) is 8.32. The highest BCUT2D eigenvalue weighted by molar-refractivity contribution is 5.99. The Hall–Kier alpha value is -4.35. The molecular formula is C37H47F2N5O4. The lowest BCUT2D eigenvalue weighted by molar-refractivity contribution is 0.0327. The average Bonchev–Trinajstić information content (AvgIpc) is 3.07. The van der Waals surface area contributed by atoms with E-state index in [1.165, 1.54) is 12.1 Å². The lowest BCUT2D eigenvalue weighted by atomic mass is 9.99. The molecule has 3 aromatic carbocycles. The minimum atomic E-state index is -0.912. The van der Waals surface area contributed by atoms with E-state index in [-0.39, 0.29) is 24.4 Å². The normalized spacial score (nSPS) is 14.6. The number of piperazine rings is 1. The number of halogens is 2. The van der Waals surface area contributed by atoms with Crippen molar-refractivity contribution in [1.29, 1.82) is 0 Å². The second-order valence-corrected chi connectivity index (χ2v) is 12.3. The van der Waals surface area contributed by atoms with Crippen LogP contribution in [0.3, 0.4) is 0 Å². The van der Waals surface area contributed by atoms with Crippen LogP contribution >= 0.6 is 0 Å². The molecule has 0 bridgehead atoms. The highest BCUT2D eigenvalue weighted by Gasteiger charge is 2.31. The van der Waals surface area contributed by atoms with Crippen LogP contribution < -0.4 is 10.6 Å². The number of carbonyl (C=O) groups is 3. The predicted molar refractivity (Wildman–Crippen MR) is 182 cm³/mol. The Labute approximate surface area is 282 Å². The van der Waals surface area contributed by atoms with E-state index in [2.05, 4.69) is 15.5 Å². The summed E-state index contributed by atoms with van der Waals surface area (Å²) in [5.41, 5.74) is 1.93. The summed E-state index contributed by atoms with van der Waals surface area (Å²) in [6, 6.07) is 18.5. The van der Waals surface area contributed by atoms with E-state index in [1.54, 1.807) is 34.1 Å². The molecule has 1 aliphatic heterocycles. The number of nitrogens with zero attached hydrogens (tertiary/aromatic N) is 3. The van der Waals surface area contributed by atoms with E-state index in [1.807, 2.05) is 51.2 Å². The molecule has 3 aromatic rings. The Morgan fingerprint density at radius 3 is 2.12 bits per heavy atom. The fourth-order valence-corrected chi connectivity index (χ4v) is 5.75. The lowest BCUT2D eigenvalue weighted by Crippen LogP contribution is -2.53. The smallest absolute Gasteiger partial charge is 0.410 e. The van der Waals surface area contributed by atoms with Gasteiger partial charge in [0.2, 0.25) is 0 Å². The molecule has 0 aromatic heterocycles. The van der Waals surface area contributed by atoms with Crippen LogP contribution in [0.25, 0.3) is 0 Å². The van der Waals surface area contributed by atoms with Crippen LogP contribution in [0, 0.1) is 11.6 Å². The molecule has 0 aliphatic carbocycles. The largest absolute Gasteiger partial charge is 0.443 e. The van der Waals surface area contributed by atoms with Gasteiger partial charge in [0.1, 0.15) is 17.7 Å². The molecule has 11 heteroatoms. The van der Waals surface area contributed by atoms with Crippen LogP contribution in [0.15, 0.2) is 72.8 Å². The van der Waals surface area contributed by atoms with Gasteiger partial charge in [-0.05, 0) is 67.8 Å². The molecule has 2 unspecified atom stereocenters. The van der Waals surface area contributed by atoms with Gasteiger partial charge in [-0.3, -0.25) is 9.59 Å². The molecule has 1 saturated heterocycles. The Morgan fingerprint density at radius 1 is 0.833 bits per heavy atom. The van der Waals surface area contributed by atoms with Gasteiger partial charge in [0.15, 0.2) is 0 Å². The summed E-state index contributed by atoms with van der Waals surface area (Å²) >= 11 is 0. The summed E-state index contributed by atoms with van der Waals surface area (Å²) in [7, 11) is 1.98. The van der Waals surface area contributed by atoms with Crippen molar-refractivity contribution in [2.75, 3.05) is 52.9 Å². The monoisotopic (exact) mass is 663 g/mol. The summed E-state index contributed by atoms with van der Waals surface area (Å²) in [4.78, 5) is 46.1. The van der Waals surface area contributed by atoms with Gasteiger partial charge in [0.25, 0.3) is 11.8 Å². The fraction of sp³-hybridized carbons (Fsp3) is 0.432. The van der Waals surface area contributed by atoms with Gasteiger partial charge < -0.3 is 30.1 Å². The standard InChI is InChI=1S/C37H47F2N5O4/c1-4-14-43(15-5-2)36(46)30-13-9-12-29(23-30)35(45)41-33(22-28-20-31(38)24-32(39)21-28)34(26-40-25-27-10-7-6-8-11-27)48-37(47)44-18-16-42(3)17-19-44/h6-13,20-21,23-24,33-34,40H,4-5,14-19,22,25-26H2,1-3H3,(H,41,45). The first-order valence-electron chi connectivity index (χ1n) is 16.7. The molecule has 0 radical (unpaired) electrons. The third-order valence-electron chi connectivity index (χ3n) is 8.32. The van der Waals surface area contributed by atoms with Crippen molar-refractivity contribution in [1.82, 2.24) is 25.3 Å². The molecule has 9 nitrogen and oxygen atoms in total. The predicted octanol–water partition coefficient (Wildman–Crippen LogP) is 5.11. The van der Waals surface area contributed by atoms with Crippen molar-refractivity contribution < 1.29 is 27.9 Å². The number of ether oxygens (including phenoxy) is 1. The highest BCUT2D eigenvalue weighted by Crippen LogP contribution is 2.17. The van der Waals surface area contributed by atoms with Gasteiger partial charge in [0.05, 0.1) is 6.04 Å². The molecule has 3 amide bonds. The maximum atomic E-state index is 14.3. The van der Waals surface area contributed by atoms with Gasteiger partial charge >= 0.3 is 6.09 Å². The molecule has 48 heavy (non-hydrogen) atoms. The second kappa shape index (κ2) is 18.3. The number of amides is 3. The highest BCUT2D eigenvalue weighted by atomic mass is 19.1. The molecular weight excluding hydrogens is 616 g/mol. The Balaban J connectivity index is 1.62. The Kier molecular flexibility index (Phi) is 13.9. The number of hydrogen-bond donors (Lipinski definition) is 2. The first-order valence-corrected chi connectivity index (χ1v) is 16.7. The molecule has 258 valence electrons. The van der Waals surface area contributed by atoms with E-state index < -0.39 is 35.8 Å². The van der Waals surface area contributed by atoms with Crippen LogP contribution in [0.5, 0.6) is 0 Å². The molecule has 2 N–H and O–H groups in total. The van der Waals surface area contributed by atoms with E-state index in [9.17, 15) is 23.2 Å². The van der Waals surface area contributed by atoms with Crippen LogP contribution in [0.4, 0.5) is 13.6 Å². The van der Waals surface area contributed by atoms with Crippen LogP contribution in [-0.4, -0.2) is 97.6 Å². The summed E-state index contributed by atoms with van der Waals surface area (Å²) in [6.45, 7) is 8.19. The lowest BCUT2D eigenvalue weighted by Gasteiger charge is -2.34. The zero-order chi connectivity index (χ0) is 34.5. The minimum absolute atomic E-state index is 0.0203. The van der Waals surface area contributed by atoms with Gasteiger partial charge in [0, 0.05) is 69.6 Å².